The molecule has 3 rings (SSSR count). The van der Waals surface area contributed by atoms with Gasteiger partial charge in [0.15, 0.2) is 0 Å². The van der Waals surface area contributed by atoms with Crippen molar-refractivity contribution in [1.82, 2.24) is 15.1 Å². The van der Waals surface area contributed by atoms with Crippen molar-refractivity contribution in [1.29, 1.82) is 0 Å². The van der Waals surface area contributed by atoms with E-state index in [0.717, 1.165) is 39.3 Å². The average Bonchev–Trinajstić information content (AvgIpc) is 2.43. The molecule has 1 N–H and O–H groups in total. The maximum absolute atomic E-state index is 12.4. The van der Waals surface area contributed by atoms with Gasteiger partial charge in [-0.05, 0) is 5.56 Å². The van der Waals surface area contributed by atoms with Gasteiger partial charge >= 0.3 is 0 Å². The molecule has 0 aromatic heterocycles. The van der Waals surface area contributed by atoms with Gasteiger partial charge in [-0.2, -0.15) is 0 Å². The summed E-state index contributed by atoms with van der Waals surface area (Å²) >= 11 is 0. The van der Waals surface area contributed by atoms with Crippen LogP contribution in [0.25, 0.3) is 0 Å². The van der Waals surface area contributed by atoms with E-state index in [1.54, 1.807) is 0 Å². The van der Waals surface area contributed by atoms with Gasteiger partial charge in [0.2, 0.25) is 5.91 Å². The molecule has 0 saturated carbocycles. The third kappa shape index (κ3) is 2.26. The van der Waals surface area contributed by atoms with Crippen LogP contribution in [0.3, 0.4) is 0 Å². The first kappa shape index (κ1) is 11.7. The molecular formula is C14H19N3O. The Morgan fingerprint density at radius 2 is 2.00 bits per heavy atom. The van der Waals surface area contributed by atoms with Gasteiger partial charge in [-0.25, -0.2) is 0 Å². The topological polar surface area (TPSA) is 35.6 Å². The van der Waals surface area contributed by atoms with Crippen molar-refractivity contribution in [3.63, 3.8) is 0 Å². The Kier molecular flexibility index (Phi) is 3.30. The fourth-order valence-corrected chi connectivity index (χ4v) is 2.79. The molecule has 1 amide bonds. The predicted octanol–water partition coefficient (Wildman–Crippen LogP) is 0.303. The molecule has 4 nitrogen and oxygen atoms in total. The molecule has 0 aliphatic carbocycles. The smallest absolute Gasteiger partial charge is 0.241 e. The van der Waals surface area contributed by atoms with Crippen molar-refractivity contribution < 1.29 is 4.79 Å². The number of carbonyl (C=O) groups is 1. The molecule has 0 spiro atoms. The Bertz CT molecular complexity index is 420. The Balaban J connectivity index is 1.69. The van der Waals surface area contributed by atoms with Crippen LogP contribution < -0.4 is 5.32 Å². The van der Waals surface area contributed by atoms with Crippen LogP contribution in [-0.4, -0.2) is 54.5 Å². The van der Waals surface area contributed by atoms with Crippen molar-refractivity contribution in [2.24, 2.45) is 0 Å². The minimum Gasteiger partial charge on any atom is -0.336 e. The second-order valence-corrected chi connectivity index (χ2v) is 5.00. The van der Waals surface area contributed by atoms with Gasteiger partial charge in [0.05, 0.1) is 0 Å². The quantitative estimate of drug-likeness (QED) is 0.814. The Morgan fingerprint density at radius 3 is 2.83 bits per heavy atom. The van der Waals surface area contributed by atoms with Gasteiger partial charge in [0.1, 0.15) is 6.04 Å². The molecule has 4 heteroatoms. The summed E-state index contributed by atoms with van der Waals surface area (Å²) in [4.78, 5) is 16.7. The zero-order valence-electron chi connectivity index (χ0n) is 10.5. The van der Waals surface area contributed by atoms with E-state index in [1.807, 2.05) is 23.1 Å². The number of nitrogens with zero attached hydrogens (tertiary/aromatic N) is 2. The van der Waals surface area contributed by atoms with Gasteiger partial charge in [0, 0.05) is 39.3 Å². The number of amides is 1. The summed E-state index contributed by atoms with van der Waals surface area (Å²) < 4.78 is 0. The zero-order valence-corrected chi connectivity index (χ0v) is 10.5. The van der Waals surface area contributed by atoms with E-state index >= 15 is 0 Å². The molecule has 0 bridgehead atoms. The van der Waals surface area contributed by atoms with E-state index in [-0.39, 0.29) is 11.9 Å². The molecule has 2 saturated heterocycles. The highest BCUT2D eigenvalue weighted by Crippen LogP contribution is 2.15. The highest BCUT2D eigenvalue weighted by Gasteiger charge is 2.35. The number of hydrogen-bond donors (Lipinski definition) is 1. The van der Waals surface area contributed by atoms with E-state index in [4.69, 9.17) is 0 Å². The minimum atomic E-state index is 0.0520. The molecule has 1 aromatic rings. The monoisotopic (exact) mass is 245 g/mol. The lowest BCUT2D eigenvalue weighted by Gasteiger charge is -2.43. The molecule has 2 aliphatic heterocycles. The van der Waals surface area contributed by atoms with Crippen LogP contribution in [0.1, 0.15) is 5.56 Å². The molecule has 96 valence electrons. The summed E-state index contributed by atoms with van der Waals surface area (Å²) in [6.45, 7) is 5.39. The van der Waals surface area contributed by atoms with Crippen LogP contribution in [0.2, 0.25) is 0 Å². The molecule has 2 aliphatic rings. The number of fused-ring (bicyclic) bond motifs is 1. The number of benzene rings is 1. The number of piperazine rings is 2. The van der Waals surface area contributed by atoms with E-state index in [2.05, 4.69) is 22.3 Å². The summed E-state index contributed by atoms with van der Waals surface area (Å²) in [5.41, 5.74) is 1.21. The maximum Gasteiger partial charge on any atom is 0.241 e. The lowest BCUT2D eigenvalue weighted by molar-refractivity contribution is -0.143. The van der Waals surface area contributed by atoms with Crippen molar-refractivity contribution >= 4 is 5.91 Å². The molecule has 2 fully saturated rings. The van der Waals surface area contributed by atoms with E-state index in [1.165, 1.54) is 5.56 Å². The van der Waals surface area contributed by atoms with Crippen LogP contribution in [0.5, 0.6) is 0 Å². The fraction of sp³-hybridized carbons (Fsp3) is 0.500. The SMILES string of the molecule is O=C1C2CNCCN2CCN1Cc1ccccc1. The number of hydrogen-bond acceptors (Lipinski definition) is 3. The first-order valence-corrected chi connectivity index (χ1v) is 6.62. The molecule has 0 radical (unpaired) electrons. The van der Waals surface area contributed by atoms with Crippen molar-refractivity contribution in [2.75, 3.05) is 32.7 Å². The van der Waals surface area contributed by atoms with Crippen molar-refractivity contribution in [3.8, 4) is 0 Å². The Labute approximate surface area is 108 Å². The summed E-state index contributed by atoms with van der Waals surface area (Å²) in [6, 6.07) is 10.3. The summed E-state index contributed by atoms with van der Waals surface area (Å²) in [6.07, 6.45) is 0. The van der Waals surface area contributed by atoms with Crippen LogP contribution in [-0.2, 0) is 11.3 Å². The highest BCUT2D eigenvalue weighted by atomic mass is 16.2. The second-order valence-electron chi connectivity index (χ2n) is 5.00. The van der Waals surface area contributed by atoms with Crippen molar-refractivity contribution in [3.05, 3.63) is 35.9 Å². The van der Waals surface area contributed by atoms with Crippen LogP contribution in [0.15, 0.2) is 30.3 Å². The van der Waals surface area contributed by atoms with Gasteiger partial charge in [-0.15, -0.1) is 0 Å². The first-order chi connectivity index (χ1) is 8.84. The average molecular weight is 245 g/mol. The van der Waals surface area contributed by atoms with E-state index < -0.39 is 0 Å². The van der Waals surface area contributed by atoms with Gasteiger partial charge < -0.3 is 10.2 Å². The lowest BCUT2D eigenvalue weighted by Crippen LogP contribution is -2.63. The molecule has 18 heavy (non-hydrogen) atoms. The number of carbonyl (C=O) groups excluding carboxylic acids is 1. The lowest BCUT2D eigenvalue weighted by atomic mass is 10.1. The third-order valence-electron chi connectivity index (χ3n) is 3.82. The Morgan fingerprint density at radius 1 is 1.17 bits per heavy atom. The number of nitrogens with one attached hydrogen (secondary N) is 1. The number of rotatable bonds is 2. The van der Waals surface area contributed by atoms with Crippen LogP contribution in [0, 0.1) is 0 Å². The van der Waals surface area contributed by atoms with E-state index in [0.29, 0.717) is 0 Å². The third-order valence-corrected chi connectivity index (χ3v) is 3.82. The summed E-state index contributed by atoms with van der Waals surface area (Å²) in [5.74, 6) is 0.275. The zero-order chi connectivity index (χ0) is 12.4. The second kappa shape index (κ2) is 5.08. The normalized spacial score (nSPS) is 25.0. The fourth-order valence-electron chi connectivity index (χ4n) is 2.79. The standard InChI is InChI=1S/C14H19N3O/c18-14-13-10-15-6-7-16(13)8-9-17(14)11-12-4-2-1-3-5-12/h1-5,13,15H,6-11H2. The summed E-state index contributed by atoms with van der Waals surface area (Å²) in [7, 11) is 0. The van der Waals surface area contributed by atoms with Crippen molar-refractivity contribution in [2.45, 2.75) is 12.6 Å². The van der Waals surface area contributed by atoms with Gasteiger partial charge in [0.25, 0.3) is 0 Å². The molecule has 1 aromatic carbocycles. The summed E-state index contributed by atoms with van der Waals surface area (Å²) in [5, 5.41) is 3.31. The largest absolute Gasteiger partial charge is 0.336 e. The highest BCUT2D eigenvalue weighted by molar-refractivity contribution is 5.83. The van der Waals surface area contributed by atoms with E-state index in [9.17, 15) is 4.79 Å². The molecule has 2 heterocycles. The van der Waals surface area contributed by atoms with Gasteiger partial charge in [-0.3, -0.25) is 9.69 Å². The first-order valence-electron chi connectivity index (χ1n) is 6.62. The van der Waals surface area contributed by atoms with Crippen LogP contribution >= 0.6 is 0 Å². The van der Waals surface area contributed by atoms with Gasteiger partial charge in [-0.1, -0.05) is 30.3 Å². The molecule has 1 atom stereocenters. The Hall–Kier alpha value is -1.39. The predicted molar refractivity (Wildman–Crippen MR) is 70.1 cm³/mol. The minimum absolute atomic E-state index is 0.0520. The molecular weight excluding hydrogens is 226 g/mol. The maximum atomic E-state index is 12.4. The molecule has 1 unspecified atom stereocenters. The van der Waals surface area contributed by atoms with Crippen LogP contribution in [0.4, 0.5) is 0 Å².